The number of rotatable bonds is 6. The van der Waals surface area contributed by atoms with Crippen LogP contribution in [0.15, 0.2) is 66.9 Å². The maximum Gasteiger partial charge on any atom is 0.174 e. The minimum atomic E-state index is -0.171. The van der Waals surface area contributed by atoms with Crippen LogP contribution in [0, 0.1) is 19.8 Å². The second-order valence-electron chi connectivity index (χ2n) is 11.3. The Kier molecular flexibility index (Phi) is 8.09. The third kappa shape index (κ3) is 5.23. The normalized spacial score (nSPS) is 19.3. The summed E-state index contributed by atoms with van der Waals surface area (Å²) in [4.78, 5) is 9.31. The van der Waals surface area contributed by atoms with E-state index in [9.17, 15) is 0 Å². The largest absolute Gasteiger partial charge is 0.495 e. The fourth-order valence-corrected chi connectivity index (χ4v) is 7.20. The van der Waals surface area contributed by atoms with Crippen LogP contribution in [-0.4, -0.2) is 34.9 Å². The lowest BCUT2D eigenvalue weighted by atomic mass is 9.96. The lowest BCUT2D eigenvalue weighted by molar-refractivity contribution is 0.412. The van der Waals surface area contributed by atoms with Gasteiger partial charge >= 0.3 is 0 Å². The van der Waals surface area contributed by atoms with Gasteiger partial charge in [0.2, 0.25) is 0 Å². The van der Waals surface area contributed by atoms with Crippen LogP contribution in [0.3, 0.4) is 0 Å². The van der Waals surface area contributed by atoms with Crippen molar-refractivity contribution in [3.05, 3.63) is 99.6 Å². The van der Waals surface area contributed by atoms with Gasteiger partial charge in [0, 0.05) is 41.4 Å². The number of pyridine rings is 1. The Bertz CT molecular complexity index is 1620. The van der Waals surface area contributed by atoms with E-state index in [4.69, 9.17) is 45.1 Å². The summed E-state index contributed by atoms with van der Waals surface area (Å²) in [6.45, 7) is 8.59. The number of thiocarbonyl (C=S) groups is 1. The molecule has 2 aromatic heterocycles. The van der Waals surface area contributed by atoms with Crippen molar-refractivity contribution in [1.29, 1.82) is 0 Å². The van der Waals surface area contributed by atoms with E-state index < -0.39 is 0 Å². The fourth-order valence-electron chi connectivity index (χ4n) is 6.40. The van der Waals surface area contributed by atoms with E-state index in [1.165, 1.54) is 12.8 Å². The van der Waals surface area contributed by atoms with Gasteiger partial charge in [-0.05, 0) is 105 Å². The molecular formula is C33H35Cl2N5OS. The fraction of sp³-hybridized carbons (Fsp3) is 0.333. The molecule has 0 bridgehead atoms. The molecule has 2 aliphatic rings. The molecule has 2 atom stereocenters. The van der Waals surface area contributed by atoms with Crippen LogP contribution in [0.4, 0.5) is 11.4 Å². The van der Waals surface area contributed by atoms with E-state index >= 15 is 0 Å². The lowest BCUT2D eigenvalue weighted by Gasteiger charge is -2.33. The molecule has 4 heterocycles. The summed E-state index contributed by atoms with van der Waals surface area (Å²) in [5.74, 6) is 1.50. The van der Waals surface area contributed by atoms with Gasteiger partial charge in [-0.1, -0.05) is 36.2 Å². The minimum absolute atomic E-state index is 0.170. The van der Waals surface area contributed by atoms with Crippen molar-refractivity contribution in [3.8, 4) is 11.4 Å². The molecule has 6 rings (SSSR count). The molecule has 0 unspecified atom stereocenters. The van der Waals surface area contributed by atoms with Crippen LogP contribution in [-0.2, 0) is 0 Å². The van der Waals surface area contributed by atoms with E-state index in [1.807, 2.05) is 42.6 Å². The van der Waals surface area contributed by atoms with Crippen molar-refractivity contribution >= 4 is 51.9 Å². The standard InChI is InChI=1S/C33H35Cl2N5OS/c1-20-12-15-38(16-13-20)28-10-9-24(19-26(28)35)40-32(31(37-33(40)42)27-7-5-6-14-36-27)25-17-21(2)39(22(25)3)29-18-23(34)8-11-30(29)41-4/h5-11,14,17-20,31-32H,12-13,15-16H2,1-4H3,(H,37,42)/t31-,32-/m0/s1. The van der Waals surface area contributed by atoms with Crippen molar-refractivity contribution in [2.75, 3.05) is 30.0 Å². The van der Waals surface area contributed by atoms with E-state index in [-0.39, 0.29) is 12.1 Å². The molecule has 2 saturated heterocycles. The second kappa shape index (κ2) is 11.8. The molecule has 2 aromatic carbocycles. The second-order valence-corrected chi connectivity index (χ2v) is 12.5. The van der Waals surface area contributed by atoms with E-state index in [0.29, 0.717) is 10.1 Å². The Labute approximate surface area is 263 Å². The Balaban J connectivity index is 1.46. The quantitative estimate of drug-likeness (QED) is 0.219. The third-order valence-corrected chi connectivity index (χ3v) is 9.45. The number of benzene rings is 2. The summed E-state index contributed by atoms with van der Waals surface area (Å²) in [5.41, 5.74) is 7.10. The molecule has 0 saturated carbocycles. The van der Waals surface area contributed by atoms with Gasteiger partial charge in [-0.25, -0.2) is 0 Å². The number of ether oxygens (including phenoxy) is 1. The third-order valence-electron chi connectivity index (χ3n) is 8.60. The van der Waals surface area contributed by atoms with E-state index in [1.54, 1.807) is 7.11 Å². The van der Waals surface area contributed by atoms with Gasteiger partial charge in [-0.2, -0.15) is 0 Å². The number of hydrogen-bond donors (Lipinski definition) is 1. The van der Waals surface area contributed by atoms with Crippen LogP contribution in [0.25, 0.3) is 5.69 Å². The first-order chi connectivity index (χ1) is 20.3. The summed E-state index contributed by atoms with van der Waals surface area (Å²) < 4.78 is 7.92. The summed E-state index contributed by atoms with van der Waals surface area (Å²) in [6.07, 6.45) is 4.18. The zero-order chi connectivity index (χ0) is 29.5. The topological polar surface area (TPSA) is 45.6 Å². The SMILES string of the molecule is COc1ccc(Cl)cc1-n1c(C)cc([C@H]2[C@H](c3ccccn3)NC(=S)N2c2ccc(N3CCC(C)CC3)c(Cl)c2)c1C. The van der Waals surface area contributed by atoms with Gasteiger partial charge in [0.1, 0.15) is 5.75 Å². The predicted octanol–water partition coefficient (Wildman–Crippen LogP) is 8.22. The van der Waals surface area contributed by atoms with Crippen molar-refractivity contribution in [2.45, 2.75) is 45.7 Å². The van der Waals surface area contributed by atoms with Crippen LogP contribution < -0.4 is 19.9 Å². The number of anilines is 2. The molecule has 0 spiro atoms. The molecule has 218 valence electrons. The molecule has 1 N–H and O–H groups in total. The first-order valence-electron chi connectivity index (χ1n) is 14.3. The van der Waals surface area contributed by atoms with Gasteiger partial charge in [0.15, 0.2) is 5.11 Å². The highest BCUT2D eigenvalue weighted by atomic mass is 35.5. The Morgan fingerprint density at radius 1 is 0.976 bits per heavy atom. The monoisotopic (exact) mass is 619 g/mol. The Morgan fingerprint density at radius 2 is 1.76 bits per heavy atom. The molecule has 2 fully saturated rings. The van der Waals surface area contributed by atoms with Crippen molar-refractivity contribution in [3.63, 3.8) is 0 Å². The number of nitrogens with one attached hydrogen (secondary N) is 1. The maximum atomic E-state index is 6.99. The number of halogens is 2. The molecule has 6 nitrogen and oxygen atoms in total. The van der Waals surface area contributed by atoms with E-state index in [2.05, 4.69) is 64.7 Å². The smallest absolute Gasteiger partial charge is 0.174 e. The molecule has 2 aliphatic heterocycles. The number of hydrogen-bond acceptors (Lipinski definition) is 4. The molecule has 4 aromatic rings. The molecule has 42 heavy (non-hydrogen) atoms. The average molecular weight is 621 g/mol. The van der Waals surface area contributed by atoms with Crippen LogP contribution >= 0.6 is 35.4 Å². The van der Waals surface area contributed by atoms with Crippen LogP contribution in [0.5, 0.6) is 5.75 Å². The van der Waals surface area contributed by atoms with Gasteiger partial charge in [0.05, 0.1) is 41.3 Å². The van der Waals surface area contributed by atoms with Crippen LogP contribution in [0.1, 0.15) is 54.5 Å². The zero-order valence-electron chi connectivity index (χ0n) is 24.3. The molecule has 0 aliphatic carbocycles. The zero-order valence-corrected chi connectivity index (χ0v) is 26.6. The van der Waals surface area contributed by atoms with Crippen LogP contribution in [0.2, 0.25) is 10.0 Å². The first-order valence-corrected chi connectivity index (χ1v) is 15.5. The molecule has 9 heteroatoms. The number of aromatic nitrogens is 2. The minimum Gasteiger partial charge on any atom is -0.495 e. The van der Waals surface area contributed by atoms with E-state index in [0.717, 1.165) is 69.5 Å². The maximum absolute atomic E-state index is 6.99. The van der Waals surface area contributed by atoms with Gasteiger partial charge < -0.3 is 24.4 Å². The number of nitrogens with zero attached hydrogens (tertiary/aromatic N) is 4. The first kappa shape index (κ1) is 28.8. The number of aryl methyl sites for hydroxylation is 1. The van der Waals surface area contributed by atoms with Crippen molar-refractivity contribution in [2.24, 2.45) is 5.92 Å². The highest BCUT2D eigenvalue weighted by Crippen LogP contribution is 2.45. The number of methoxy groups -OCH3 is 1. The van der Waals surface area contributed by atoms with Crippen molar-refractivity contribution < 1.29 is 4.74 Å². The van der Waals surface area contributed by atoms with Crippen molar-refractivity contribution in [1.82, 2.24) is 14.9 Å². The van der Waals surface area contributed by atoms with Gasteiger partial charge in [-0.15, -0.1) is 0 Å². The molecule has 0 radical (unpaired) electrons. The average Bonchev–Trinajstić information content (AvgIpc) is 3.48. The summed E-state index contributed by atoms with van der Waals surface area (Å²) in [5, 5.41) is 5.60. The lowest BCUT2D eigenvalue weighted by Crippen LogP contribution is -2.33. The predicted molar refractivity (Wildman–Crippen MR) is 177 cm³/mol. The molecular weight excluding hydrogens is 585 g/mol. The van der Waals surface area contributed by atoms with Gasteiger partial charge in [-0.3, -0.25) is 4.98 Å². The summed E-state index contributed by atoms with van der Waals surface area (Å²) in [7, 11) is 1.68. The summed E-state index contributed by atoms with van der Waals surface area (Å²) in [6, 6.07) is 19.9. The highest BCUT2D eigenvalue weighted by Gasteiger charge is 2.42. The van der Waals surface area contributed by atoms with Gasteiger partial charge in [0.25, 0.3) is 0 Å². The highest BCUT2D eigenvalue weighted by molar-refractivity contribution is 7.80. The Hall–Kier alpha value is -3.26. The summed E-state index contributed by atoms with van der Waals surface area (Å²) >= 11 is 19.4. The Morgan fingerprint density at radius 3 is 2.45 bits per heavy atom. The number of piperidine rings is 1. The molecule has 0 amide bonds.